The smallest absolute Gasteiger partial charge is 0.122 e. The van der Waals surface area contributed by atoms with Gasteiger partial charge in [0.1, 0.15) is 5.75 Å². The molecule has 0 amide bonds. The molecule has 0 saturated heterocycles. The van der Waals surface area contributed by atoms with E-state index in [0.29, 0.717) is 5.92 Å². The van der Waals surface area contributed by atoms with Crippen LogP contribution in [-0.4, -0.2) is 24.6 Å². The Morgan fingerprint density at radius 2 is 2.00 bits per heavy atom. The molecule has 1 aromatic carbocycles. The summed E-state index contributed by atoms with van der Waals surface area (Å²) in [6, 6.07) is 8.45. The molecule has 1 heterocycles. The van der Waals surface area contributed by atoms with Gasteiger partial charge in [0.25, 0.3) is 0 Å². The van der Waals surface area contributed by atoms with E-state index in [0.717, 1.165) is 31.2 Å². The van der Waals surface area contributed by atoms with E-state index < -0.39 is 0 Å². The summed E-state index contributed by atoms with van der Waals surface area (Å²) in [5.74, 6) is 2.36. The minimum absolute atomic E-state index is 0.174. The summed E-state index contributed by atoms with van der Waals surface area (Å²) in [5, 5.41) is 3.81. The number of halogens is 1. The predicted molar refractivity (Wildman–Crippen MR) is 83.8 cm³/mol. The summed E-state index contributed by atoms with van der Waals surface area (Å²) < 4.78 is 5.74. The van der Waals surface area contributed by atoms with E-state index in [9.17, 15) is 0 Å². The fourth-order valence-corrected chi connectivity index (χ4v) is 3.92. The molecule has 1 fully saturated rings. The van der Waals surface area contributed by atoms with Gasteiger partial charge >= 0.3 is 0 Å². The van der Waals surface area contributed by atoms with Crippen LogP contribution >= 0.6 is 11.6 Å². The lowest BCUT2D eigenvalue weighted by atomic mass is 9.82. The maximum absolute atomic E-state index is 6.27. The Morgan fingerprint density at radius 3 is 2.80 bits per heavy atom. The van der Waals surface area contributed by atoms with Gasteiger partial charge in [-0.05, 0) is 30.9 Å². The highest BCUT2D eigenvalue weighted by atomic mass is 35.5. The van der Waals surface area contributed by atoms with E-state index in [1.165, 1.54) is 37.7 Å². The van der Waals surface area contributed by atoms with Crippen LogP contribution in [0, 0.1) is 0 Å². The largest absolute Gasteiger partial charge is 0.493 e. The SMILES string of the molecule is ClCC1(NCC2CCOc3ccccc32)CCCCC1. The van der Waals surface area contributed by atoms with Crippen LogP contribution in [0.5, 0.6) is 5.75 Å². The maximum Gasteiger partial charge on any atom is 0.122 e. The monoisotopic (exact) mass is 293 g/mol. The molecule has 1 aromatic rings. The third-order valence-corrected chi connectivity index (χ3v) is 5.38. The van der Waals surface area contributed by atoms with Gasteiger partial charge in [-0.1, -0.05) is 37.5 Å². The Hall–Kier alpha value is -0.730. The van der Waals surface area contributed by atoms with Crippen molar-refractivity contribution in [1.29, 1.82) is 0 Å². The third kappa shape index (κ3) is 2.96. The fraction of sp³-hybridized carbons (Fsp3) is 0.647. The minimum atomic E-state index is 0.174. The van der Waals surface area contributed by atoms with Crippen LogP contribution in [0.3, 0.4) is 0 Å². The van der Waals surface area contributed by atoms with Gasteiger partial charge in [-0.15, -0.1) is 11.6 Å². The molecule has 3 rings (SSSR count). The molecule has 1 atom stereocenters. The molecule has 3 heteroatoms. The van der Waals surface area contributed by atoms with Crippen LogP contribution in [0.4, 0.5) is 0 Å². The minimum Gasteiger partial charge on any atom is -0.493 e. The molecule has 1 aliphatic heterocycles. The zero-order valence-corrected chi connectivity index (χ0v) is 12.8. The molecule has 1 aliphatic carbocycles. The maximum atomic E-state index is 6.27. The van der Waals surface area contributed by atoms with Gasteiger partial charge in [0.2, 0.25) is 0 Å². The van der Waals surface area contributed by atoms with Crippen molar-refractivity contribution in [2.75, 3.05) is 19.0 Å². The van der Waals surface area contributed by atoms with E-state index in [1.807, 2.05) is 0 Å². The number of nitrogens with one attached hydrogen (secondary N) is 1. The lowest BCUT2D eigenvalue weighted by Crippen LogP contribution is -2.50. The van der Waals surface area contributed by atoms with Gasteiger partial charge in [0.15, 0.2) is 0 Å². The summed E-state index contributed by atoms with van der Waals surface area (Å²) in [5.41, 5.74) is 1.53. The number of fused-ring (bicyclic) bond motifs is 1. The van der Waals surface area contributed by atoms with E-state index in [1.54, 1.807) is 0 Å². The predicted octanol–water partition coefficient (Wildman–Crippen LogP) is 4.08. The molecule has 0 radical (unpaired) electrons. The lowest BCUT2D eigenvalue weighted by Gasteiger charge is -2.38. The van der Waals surface area contributed by atoms with Crippen molar-refractivity contribution in [2.45, 2.75) is 50.0 Å². The third-order valence-electron chi connectivity index (χ3n) is 4.87. The number of benzene rings is 1. The van der Waals surface area contributed by atoms with Gasteiger partial charge < -0.3 is 10.1 Å². The normalized spacial score (nSPS) is 24.8. The van der Waals surface area contributed by atoms with Crippen molar-refractivity contribution < 1.29 is 4.74 Å². The average molecular weight is 294 g/mol. The Labute approximate surface area is 126 Å². The number of hydrogen-bond donors (Lipinski definition) is 1. The lowest BCUT2D eigenvalue weighted by molar-refractivity contribution is 0.228. The molecular weight excluding hydrogens is 270 g/mol. The Morgan fingerprint density at radius 1 is 1.20 bits per heavy atom. The number of rotatable bonds is 4. The van der Waals surface area contributed by atoms with Gasteiger partial charge in [-0.25, -0.2) is 0 Å². The first kappa shape index (κ1) is 14.2. The Bertz CT molecular complexity index is 442. The Kier molecular flexibility index (Phi) is 4.52. The molecular formula is C17H24ClNO. The zero-order chi connectivity index (χ0) is 13.8. The summed E-state index contributed by atoms with van der Waals surface area (Å²) in [6.07, 6.45) is 7.53. The first-order valence-corrected chi connectivity index (χ1v) is 8.39. The van der Waals surface area contributed by atoms with Crippen LogP contribution in [-0.2, 0) is 0 Å². The fourth-order valence-electron chi connectivity index (χ4n) is 3.55. The van der Waals surface area contributed by atoms with Crippen LogP contribution in [0.15, 0.2) is 24.3 Å². The first-order valence-electron chi connectivity index (χ1n) is 7.86. The van der Waals surface area contributed by atoms with Crippen molar-refractivity contribution in [3.8, 4) is 5.75 Å². The second-order valence-corrected chi connectivity index (χ2v) is 6.49. The highest BCUT2D eigenvalue weighted by Crippen LogP contribution is 2.35. The molecule has 0 bridgehead atoms. The van der Waals surface area contributed by atoms with Crippen LogP contribution in [0.1, 0.15) is 50.0 Å². The Balaban J connectivity index is 1.66. The average Bonchev–Trinajstić information content (AvgIpc) is 2.54. The summed E-state index contributed by atoms with van der Waals surface area (Å²) in [4.78, 5) is 0. The molecule has 1 saturated carbocycles. The van der Waals surface area contributed by atoms with E-state index >= 15 is 0 Å². The first-order chi connectivity index (χ1) is 9.83. The van der Waals surface area contributed by atoms with Gasteiger partial charge in [-0.3, -0.25) is 0 Å². The second-order valence-electron chi connectivity index (χ2n) is 6.23. The van der Waals surface area contributed by atoms with Gasteiger partial charge in [-0.2, -0.15) is 0 Å². The summed E-state index contributed by atoms with van der Waals surface area (Å²) in [6.45, 7) is 1.85. The molecule has 0 aromatic heterocycles. The van der Waals surface area contributed by atoms with E-state index in [-0.39, 0.29) is 5.54 Å². The van der Waals surface area contributed by atoms with Gasteiger partial charge in [0, 0.05) is 23.9 Å². The van der Waals surface area contributed by atoms with Crippen molar-refractivity contribution in [3.05, 3.63) is 29.8 Å². The molecule has 110 valence electrons. The topological polar surface area (TPSA) is 21.3 Å². The quantitative estimate of drug-likeness (QED) is 0.845. The van der Waals surface area contributed by atoms with Gasteiger partial charge in [0.05, 0.1) is 6.61 Å². The molecule has 1 unspecified atom stereocenters. The summed E-state index contributed by atoms with van der Waals surface area (Å²) in [7, 11) is 0. The van der Waals surface area contributed by atoms with Crippen LogP contribution < -0.4 is 10.1 Å². The molecule has 2 aliphatic rings. The number of alkyl halides is 1. The van der Waals surface area contributed by atoms with Crippen molar-refractivity contribution in [2.24, 2.45) is 0 Å². The molecule has 2 nitrogen and oxygen atoms in total. The van der Waals surface area contributed by atoms with Crippen molar-refractivity contribution in [3.63, 3.8) is 0 Å². The highest BCUT2D eigenvalue weighted by molar-refractivity contribution is 6.18. The molecule has 1 N–H and O–H groups in total. The molecule has 0 spiro atoms. The van der Waals surface area contributed by atoms with E-state index in [2.05, 4.69) is 29.6 Å². The van der Waals surface area contributed by atoms with E-state index in [4.69, 9.17) is 16.3 Å². The standard InChI is InChI=1S/C17H24ClNO/c18-13-17(9-4-1-5-10-17)19-12-14-8-11-20-16-7-3-2-6-15(14)16/h2-3,6-7,14,19H,1,4-5,8-13H2. The van der Waals surface area contributed by atoms with Crippen LogP contribution in [0.2, 0.25) is 0 Å². The summed E-state index contributed by atoms with van der Waals surface area (Å²) >= 11 is 6.27. The second kappa shape index (κ2) is 6.36. The highest BCUT2D eigenvalue weighted by Gasteiger charge is 2.32. The molecule has 20 heavy (non-hydrogen) atoms. The zero-order valence-electron chi connectivity index (χ0n) is 12.0. The number of para-hydroxylation sites is 1. The number of ether oxygens (including phenoxy) is 1. The van der Waals surface area contributed by atoms with Crippen molar-refractivity contribution in [1.82, 2.24) is 5.32 Å². The van der Waals surface area contributed by atoms with Crippen molar-refractivity contribution >= 4 is 11.6 Å². The number of hydrogen-bond acceptors (Lipinski definition) is 2. The van der Waals surface area contributed by atoms with Crippen LogP contribution in [0.25, 0.3) is 0 Å².